The quantitative estimate of drug-likeness (QED) is 0.599. The van der Waals surface area contributed by atoms with Crippen LogP contribution < -0.4 is 10.2 Å². The lowest BCUT2D eigenvalue weighted by molar-refractivity contribution is 0.375. The van der Waals surface area contributed by atoms with Gasteiger partial charge in [0.25, 0.3) is 0 Å². The van der Waals surface area contributed by atoms with E-state index in [1.807, 2.05) is 19.2 Å². The highest BCUT2D eigenvalue weighted by molar-refractivity contribution is 5.79. The van der Waals surface area contributed by atoms with Gasteiger partial charge in [0.1, 0.15) is 5.82 Å². The van der Waals surface area contributed by atoms with Gasteiger partial charge in [0.15, 0.2) is 5.96 Å². The van der Waals surface area contributed by atoms with E-state index in [9.17, 15) is 4.39 Å². The maximum Gasteiger partial charge on any atom is 0.193 e. The van der Waals surface area contributed by atoms with Gasteiger partial charge in [-0.05, 0) is 24.3 Å². The van der Waals surface area contributed by atoms with Crippen molar-refractivity contribution in [2.24, 2.45) is 4.99 Å². The van der Waals surface area contributed by atoms with E-state index in [-0.39, 0.29) is 5.82 Å². The lowest BCUT2D eigenvalue weighted by Crippen LogP contribution is -2.51. The molecule has 1 aromatic carbocycles. The van der Waals surface area contributed by atoms with Crippen LogP contribution in [0, 0.1) is 5.82 Å². The van der Waals surface area contributed by atoms with Crippen molar-refractivity contribution in [1.29, 1.82) is 0 Å². The van der Waals surface area contributed by atoms with Crippen molar-refractivity contribution in [2.75, 3.05) is 45.2 Å². The Morgan fingerprint density at radius 2 is 1.78 bits per heavy atom. The molecule has 0 unspecified atom stereocenters. The highest BCUT2D eigenvalue weighted by Gasteiger charge is 2.18. The number of halogens is 1. The number of rotatable bonds is 1. The van der Waals surface area contributed by atoms with Gasteiger partial charge in [-0.2, -0.15) is 0 Å². The number of aliphatic imine (C=N–C) groups is 1. The number of hydrogen-bond acceptors (Lipinski definition) is 2. The number of benzene rings is 1. The summed E-state index contributed by atoms with van der Waals surface area (Å²) >= 11 is 0. The van der Waals surface area contributed by atoms with E-state index in [0.29, 0.717) is 0 Å². The lowest BCUT2D eigenvalue weighted by Gasteiger charge is -2.37. The maximum atomic E-state index is 12.9. The molecule has 0 spiro atoms. The van der Waals surface area contributed by atoms with Crippen molar-refractivity contribution < 1.29 is 4.39 Å². The highest BCUT2D eigenvalue weighted by atomic mass is 19.1. The summed E-state index contributed by atoms with van der Waals surface area (Å²) in [6.45, 7) is 3.69. The van der Waals surface area contributed by atoms with Crippen molar-refractivity contribution in [3.8, 4) is 0 Å². The Morgan fingerprint density at radius 1 is 1.17 bits per heavy atom. The van der Waals surface area contributed by atoms with Crippen LogP contribution in [-0.2, 0) is 0 Å². The second-order valence-corrected chi connectivity index (χ2v) is 4.25. The predicted molar refractivity (Wildman–Crippen MR) is 72.6 cm³/mol. The van der Waals surface area contributed by atoms with Gasteiger partial charge in [0, 0.05) is 46.0 Å². The Labute approximate surface area is 107 Å². The van der Waals surface area contributed by atoms with Gasteiger partial charge in [0.2, 0.25) is 0 Å². The van der Waals surface area contributed by atoms with Crippen molar-refractivity contribution in [1.82, 2.24) is 10.2 Å². The summed E-state index contributed by atoms with van der Waals surface area (Å²) in [6.07, 6.45) is 0. The molecule has 2 rings (SSSR count). The molecule has 1 aliphatic heterocycles. The first-order valence-corrected chi connectivity index (χ1v) is 6.14. The molecule has 0 saturated carbocycles. The molecule has 0 radical (unpaired) electrons. The molecule has 18 heavy (non-hydrogen) atoms. The van der Waals surface area contributed by atoms with Crippen molar-refractivity contribution >= 4 is 11.6 Å². The molecule has 0 atom stereocenters. The topological polar surface area (TPSA) is 30.9 Å². The van der Waals surface area contributed by atoms with Gasteiger partial charge in [0.05, 0.1) is 0 Å². The number of nitrogens with zero attached hydrogens (tertiary/aromatic N) is 3. The number of piperazine rings is 1. The van der Waals surface area contributed by atoms with E-state index in [0.717, 1.165) is 37.8 Å². The van der Waals surface area contributed by atoms with E-state index >= 15 is 0 Å². The minimum Gasteiger partial charge on any atom is -0.368 e. The lowest BCUT2D eigenvalue weighted by atomic mass is 10.2. The van der Waals surface area contributed by atoms with E-state index in [2.05, 4.69) is 20.1 Å². The smallest absolute Gasteiger partial charge is 0.193 e. The van der Waals surface area contributed by atoms with Gasteiger partial charge in [-0.25, -0.2) is 4.39 Å². The van der Waals surface area contributed by atoms with E-state index in [4.69, 9.17) is 0 Å². The number of hydrogen-bond donors (Lipinski definition) is 1. The fraction of sp³-hybridized carbons (Fsp3) is 0.462. The van der Waals surface area contributed by atoms with Gasteiger partial charge in [-0.3, -0.25) is 4.99 Å². The fourth-order valence-electron chi connectivity index (χ4n) is 2.24. The second-order valence-electron chi connectivity index (χ2n) is 4.25. The van der Waals surface area contributed by atoms with Crippen LogP contribution in [-0.4, -0.2) is 51.1 Å². The molecule has 0 aromatic heterocycles. The molecule has 1 N–H and O–H groups in total. The monoisotopic (exact) mass is 250 g/mol. The Bertz CT molecular complexity index is 408. The third kappa shape index (κ3) is 2.72. The van der Waals surface area contributed by atoms with E-state index < -0.39 is 0 Å². The van der Waals surface area contributed by atoms with Crippen LogP contribution in [0.15, 0.2) is 29.3 Å². The summed E-state index contributed by atoms with van der Waals surface area (Å²) < 4.78 is 12.9. The summed E-state index contributed by atoms with van der Waals surface area (Å²) in [4.78, 5) is 8.69. The molecule has 0 amide bonds. The first-order valence-electron chi connectivity index (χ1n) is 6.14. The van der Waals surface area contributed by atoms with Gasteiger partial charge < -0.3 is 15.1 Å². The van der Waals surface area contributed by atoms with Gasteiger partial charge >= 0.3 is 0 Å². The molecule has 1 saturated heterocycles. The normalized spacial score (nSPS) is 16.9. The molecule has 1 aliphatic rings. The minimum absolute atomic E-state index is 0.187. The van der Waals surface area contributed by atoms with Crippen molar-refractivity contribution in [3.63, 3.8) is 0 Å². The average molecular weight is 250 g/mol. The van der Waals surface area contributed by atoms with Gasteiger partial charge in [-0.1, -0.05) is 0 Å². The Balaban J connectivity index is 1.96. The SMILES string of the molecule is CN=C(NC)N1CCN(c2ccc(F)cc2)CC1. The van der Waals surface area contributed by atoms with Crippen molar-refractivity contribution in [3.05, 3.63) is 30.1 Å². The molecule has 5 heteroatoms. The second kappa shape index (κ2) is 5.71. The zero-order valence-corrected chi connectivity index (χ0v) is 10.9. The Hall–Kier alpha value is -1.78. The summed E-state index contributed by atoms with van der Waals surface area (Å²) in [5.74, 6) is 0.738. The van der Waals surface area contributed by atoms with Crippen LogP contribution in [0.1, 0.15) is 0 Å². The zero-order chi connectivity index (χ0) is 13.0. The molecule has 98 valence electrons. The summed E-state index contributed by atoms with van der Waals surface area (Å²) in [7, 11) is 3.67. The molecule has 1 heterocycles. The van der Waals surface area contributed by atoms with Crippen LogP contribution in [0.5, 0.6) is 0 Å². The molecule has 4 nitrogen and oxygen atoms in total. The van der Waals surface area contributed by atoms with Crippen LogP contribution in [0.25, 0.3) is 0 Å². The number of anilines is 1. The molecular formula is C13H19FN4. The largest absolute Gasteiger partial charge is 0.368 e. The van der Waals surface area contributed by atoms with Gasteiger partial charge in [-0.15, -0.1) is 0 Å². The average Bonchev–Trinajstić information content (AvgIpc) is 2.42. The number of guanidine groups is 1. The first-order chi connectivity index (χ1) is 8.74. The molecule has 0 bridgehead atoms. The summed E-state index contributed by atoms with van der Waals surface area (Å²) in [5.41, 5.74) is 1.08. The molecular weight excluding hydrogens is 231 g/mol. The zero-order valence-electron chi connectivity index (χ0n) is 10.9. The van der Waals surface area contributed by atoms with Crippen LogP contribution in [0.3, 0.4) is 0 Å². The molecule has 1 aromatic rings. The van der Waals surface area contributed by atoms with Crippen molar-refractivity contribution in [2.45, 2.75) is 0 Å². The Morgan fingerprint density at radius 3 is 2.28 bits per heavy atom. The van der Waals surface area contributed by atoms with E-state index in [1.165, 1.54) is 12.1 Å². The first kappa shape index (κ1) is 12.7. The maximum absolute atomic E-state index is 12.9. The summed E-state index contributed by atoms with van der Waals surface area (Å²) in [6, 6.07) is 6.68. The molecule has 1 fully saturated rings. The Kier molecular flexibility index (Phi) is 4.02. The third-order valence-corrected chi connectivity index (χ3v) is 3.21. The summed E-state index contributed by atoms with van der Waals surface area (Å²) in [5, 5.41) is 3.09. The fourth-order valence-corrected chi connectivity index (χ4v) is 2.24. The van der Waals surface area contributed by atoms with Crippen LogP contribution in [0.4, 0.5) is 10.1 Å². The molecule has 0 aliphatic carbocycles. The standard InChI is InChI=1S/C13H19FN4/c1-15-13(16-2)18-9-7-17(8-10-18)12-5-3-11(14)4-6-12/h3-6H,7-10H2,1-2H3,(H,15,16). The minimum atomic E-state index is -0.187. The number of nitrogens with one attached hydrogen (secondary N) is 1. The highest BCUT2D eigenvalue weighted by Crippen LogP contribution is 2.16. The van der Waals surface area contributed by atoms with Crippen LogP contribution >= 0.6 is 0 Å². The predicted octanol–water partition coefficient (Wildman–Crippen LogP) is 1.15. The van der Waals surface area contributed by atoms with E-state index in [1.54, 1.807) is 7.05 Å². The van der Waals surface area contributed by atoms with Crippen LogP contribution in [0.2, 0.25) is 0 Å². The third-order valence-electron chi connectivity index (χ3n) is 3.21.